The van der Waals surface area contributed by atoms with Crippen molar-refractivity contribution in [3.8, 4) is 11.5 Å². The molecule has 0 saturated carbocycles. The van der Waals surface area contributed by atoms with Crippen molar-refractivity contribution in [2.75, 3.05) is 13.2 Å². The molecule has 0 spiro atoms. The Morgan fingerprint density at radius 2 is 1.70 bits per heavy atom. The molecule has 2 aromatic carbocycles. The predicted octanol–water partition coefficient (Wildman–Crippen LogP) is 4.91. The van der Waals surface area contributed by atoms with Gasteiger partial charge in [-0.15, -0.1) is 0 Å². The van der Waals surface area contributed by atoms with E-state index in [0.717, 1.165) is 17.1 Å². The molecule has 2 rings (SSSR count). The number of carbonyl (C=O) groups is 1. The van der Waals surface area contributed by atoms with Gasteiger partial charge >= 0.3 is 0 Å². The van der Waals surface area contributed by atoms with Gasteiger partial charge in [0.05, 0.1) is 19.3 Å². The van der Waals surface area contributed by atoms with E-state index in [1.54, 1.807) is 0 Å². The Kier molecular flexibility index (Phi) is 7.71. The number of hydrogen-bond donors (Lipinski definition) is 1. The van der Waals surface area contributed by atoms with Crippen molar-refractivity contribution in [3.63, 3.8) is 0 Å². The van der Waals surface area contributed by atoms with E-state index in [1.165, 1.54) is 16.7 Å². The lowest BCUT2D eigenvalue weighted by molar-refractivity contribution is -0.121. The minimum Gasteiger partial charge on any atom is -0.490 e. The average Bonchev–Trinajstić information content (AvgIpc) is 2.64. The molecule has 0 radical (unpaired) electrons. The zero-order chi connectivity index (χ0) is 19.8. The molecule has 1 N–H and O–H groups in total. The van der Waals surface area contributed by atoms with E-state index in [9.17, 15) is 4.79 Å². The molecule has 0 saturated heterocycles. The third-order valence-corrected chi connectivity index (χ3v) is 4.53. The van der Waals surface area contributed by atoms with Crippen LogP contribution in [-0.2, 0) is 11.2 Å². The molecule has 0 bridgehead atoms. The van der Waals surface area contributed by atoms with Crippen LogP contribution in [0.4, 0.5) is 0 Å². The van der Waals surface area contributed by atoms with Gasteiger partial charge in [-0.25, -0.2) is 0 Å². The topological polar surface area (TPSA) is 47.6 Å². The molecule has 4 nitrogen and oxygen atoms in total. The van der Waals surface area contributed by atoms with E-state index in [2.05, 4.69) is 37.4 Å². The molecule has 0 heterocycles. The molecule has 0 aromatic heterocycles. The van der Waals surface area contributed by atoms with Crippen molar-refractivity contribution in [1.82, 2.24) is 5.32 Å². The number of benzene rings is 2. The van der Waals surface area contributed by atoms with Gasteiger partial charge in [0, 0.05) is 6.42 Å². The molecular weight excluding hydrogens is 338 g/mol. The first-order chi connectivity index (χ1) is 12.9. The highest BCUT2D eigenvalue weighted by atomic mass is 16.5. The molecule has 0 aliphatic carbocycles. The summed E-state index contributed by atoms with van der Waals surface area (Å²) in [4.78, 5) is 12.4. The summed E-state index contributed by atoms with van der Waals surface area (Å²) in [6.07, 6.45) is 1.10. The third kappa shape index (κ3) is 6.02. The fourth-order valence-corrected chi connectivity index (χ4v) is 3.13. The Morgan fingerprint density at radius 1 is 1.00 bits per heavy atom. The van der Waals surface area contributed by atoms with Crippen LogP contribution in [0.15, 0.2) is 36.4 Å². The van der Waals surface area contributed by atoms with Gasteiger partial charge in [-0.1, -0.05) is 29.8 Å². The van der Waals surface area contributed by atoms with Crippen molar-refractivity contribution in [2.45, 2.75) is 53.5 Å². The summed E-state index contributed by atoms with van der Waals surface area (Å²) < 4.78 is 11.2. The number of ether oxygens (including phenoxy) is 2. The summed E-state index contributed by atoms with van der Waals surface area (Å²) in [6, 6.07) is 12.2. The van der Waals surface area contributed by atoms with Crippen LogP contribution < -0.4 is 14.8 Å². The van der Waals surface area contributed by atoms with E-state index in [1.807, 2.05) is 39.0 Å². The second-order valence-corrected chi connectivity index (χ2v) is 6.80. The average molecular weight is 370 g/mol. The van der Waals surface area contributed by atoms with E-state index in [0.29, 0.717) is 26.1 Å². The zero-order valence-electron chi connectivity index (χ0n) is 17.1. The lowest BCUT2D eigenvalue weighted by Crippen LogP contribution is -2.27. The van der Waals surface area contributed by atoms with Crippen LogP contribution in [0.3, 0.4) is 0 Å². The molecule has 4 heteroatoms. The Morgan fingerprint density at radius 3 is 2.41 bits per heavy atom. The van der Waals surface area contributed by atoms with Crippen LogP contribution in [-0.4, -0.2) is 19.1 Å². The van der Waals surface area contributed by atoms with Gasteiger partial charge in [0.2, 0.25) is 5.91 Å². The van der Waals surface area contributed by atoms with Gasteiger partial charge in [0.15, 0.2) is 11.5 Å². The van der Waals surface area contributed by atoms with Gasteiger partial charge in [-0.05, 0) is 69.9 Å². The molecule has 0 aliphatic heterocycles. The molecule has 1 atom stereocenters. The lowest BCUT2D eigenvalue weighted by Gasteiger charge is -2.17. The summed E-state index contributed by atoms with van der Waals surface area (Å²) in [7, 11) is 0. The SMILES string of the molecule is CCOc1ccc(CCC(=O)N[C@H](C)c2cc(C)ccc2C)cc1OCC. The van der Waals surface area contributed by atoms with E-state index in [-0.39, 0.29) is 11.9 Å². The van der Waals surface area contributed by atoms with Gasteiger partial charge in [-0.3, -0.25) is 4.79 Å². The first-order valence-electron chi connectivity index (χ1n) is 9.69. The smallest absolute Gasteiger partial charge is 0.220 e. The second-order valence-electron chi connectivity index (χ2n) is 6.80. The molecule has 1 amide bonds. The van der Waals surface area contributed by atoms with Crippen molar-refractivity contribution < 1.29 is 14.3 Å². The molecular formula is C23H31NO3. The summed E-state index contributed by atoms with van der Waals surface area (Å²) in [5.74, 6) is 1.53. The number of rotatable bonds is 9. The largest absolute Gasteiger partial charge is 0.490 e. The number of nitrogens with one attached hydrogen (secondary N) is 1. The maximum absolute atomic E-state index is 12.4. The summed E-state index contributed by atoms with van der Waals surface area (Å²) in [6.45, 7) is 11.3. The summed E-state index contributed by atoms with van der Waals surface area (Å²) in [5, 5.41) is 3.11. The van der Waals surface area contributed by atoms with Gasteiger partial charge in [-0.2, -0.15) is 0 Å². The fourth-order valence-electron chi connectivity index (χ4n) is 3.13. The molecule has 0 fully saturated rings. The minimum atomic E-state index is -0.00304. The Labute approximate surface area is 162 Å². The second kappa shape index (κ2) is 10.0. The monoisotopic (exact) mass is 369 g/mol. The Balaban J connectivity index is 1.96. The number of aryl methyl sites for hydroxylation is 3. The first-order valence-corrected chi connectivity index (χ1v) is 9.69. The standard InChI is InChI=1S/C23H31NO3/c1-6-26-21-12-10-19(15-22(21)27-7-2)11-13-23(25)24-18(5)20-14-16(3)8-9-17(20)4/h8-10,12,14-15,18H,6-7,11,13H2,1-5H3,(H,24,25)/t18-/m1/s1. The lowest BCUT2D eigenvalue weighted by atomic mass is 9.99. The van der Waals surface area contributed by atoms with Crippen molar-refractivity contribution in [3.05, 3.63) is 58.7 Å². The highest BCUT2D eigenvalue weighted by Gasteiger charge is 2.13. The van der Waals surface area contributed by atoms with Crippen molar-refractivity contribution in [1.29, 1.82) is 0 Å². The van der Waals surface area contributed by atoms with Crippen LogP contribution in [0.5, 0.6) is 11.5 Å². The number of hydrogen-bond acceptors (Lipinski definition) is 3. The van der Waals surface area contributed by atoms with Crippen LogP contribution in [0.1, 0.15) is 55.5 Å². The maximum Gasteiger partial charge on any atom is 0.220 e. The van der Waals surface area contributed by atoms with Crippen LogP contribution in [0.2, 0.25) is 0 Å². The fraction of sp³-hybridized carbons (Fsp3) is 0.435. The normalized spacial score (nSPS) is 11.7. The van der Waals surface area contributed by atoms with Crippen LogP contribution in [0.25, 0.3) is 0 Å². The molecule has 146 valence electrons. The summed E-state index contributed by atoms with van der Waals surface area (Å²) in [5.41, 5.74) is 4.63. The molecule has 27 heavy (non-hydrogen) atoms. The molecule has 2 aromatic rings. The van der Waals surface area contributed by atoms with E-state index >= 15 is 0 Å². The first kappa shape index (κ1) is 20.8. The zero-order valence-corrected chi connectivity index (χ0v) is 17.1. The number of carbonyl (C=O) groups excluding carboxylic acids is 1. The third-order valence-electron chi connectivity index (χ3n) is 4.53. The maximum atomic E-state index is 12.4. The highest BCUT2D eigenvalue weighted by molar-refractivity contribution is 5.76. The van der Waals surface area contributed by atoms with E-state index in [4.69, 9.17) is 9.47 Å². The van der Waals surface area contributed by atoms with Gasteiger partial charge in [0.25, 0.3) is 0 Å². The minimum absolute atomic E-state index is 0.00304. The predicted molar refractivity (Wildman–Crippen MR) is 110 cm³/mol. The Bertz CT molecular complexity index is 770. The summed E-state index contributed by atoms with van der Waals surface area (Å²) >= 11 is 0. The molecule has 0 aliphatic rings. The van der Waals surface area contributed by atoms with Gasteiger partial charge < -0.3 is 14.8 Å². The quantitative estimate of drug-likeness (QED) is 0.683. The van der Waals surface area contributed by atoms with E-state index < -0.39 is 0 Å². The van der Waals surface area contributed by atoms with Gasteiger partial charge in [0.1, 0.15) is 0 Å². The molecule has 0 unspecified atom stereocenters. The van der Waals surface area contributed by atoms with Crippen LogP contribution in [0, 0.1) is 13.8 Å². The Hall–Kier alpha value is -2.49. The van der Waals surface area contributed by atoms with Crippen molar-refractivity contribution in [2.24, 2.45) is 0 Å². The number of amides is 1. The van der Waals surface area contributed by atoms with Crippen LogP contribution >= 0.6 is 0 Å². The van der Waals surface area contributed by atoms with Crippen molar-refractivity contribution >= 4 is 5.91 Å². The highest BCUT2D eigenvalue weighted by Crippen LogP contribution is 2.29.